The molecule has 1 aliphatic carbocycles. The van der Waals surface area contributed by atoms with Gasteiger partial charge in [0.25, 0.3) is 0 Å². The van der Waals surface area contributed by atoms with Crippen LogP contribution >= 0.6 is 11.6 Å². The second-order valence-electron chi connectivity index (χ2n) is 1.75. The van der Waals surface area contributed by atoms with Crippen molar-refractivity contribution in [3.8, 4) is 0 Å². The van der Waals surface area contributed by atoms with Crippen molar-refractivity contribution in [1.29, 1.82) is 0 Å². The van der Waals surface area contributed by atoms with Crippen LogP contribution in [0.2, 0.25) is 0 Å². The average Bonchev–Trinajstić information content (AvgIpc) is 2.19. The minimum atomic E-state index is 0.715. The summed E-state index contributed by atoms with van der Waals surface area (Å²) in [6.45, 7) is 0. The monoisotopic (exact) mass is 127 g/mol. The lowest BCUT2D eigenvalue weighted by Crippen LogP contribution is -1.75. The Morgan fingerprint density at radius 1 is 1.75 bits per heavy atom. The molecule has 0 aromatic rings. The molecule has 0 aromatic heterocycles. The molecular formula is C7H8Cl. The fraction of sp³-hybridized carbons (Fsp3) is 0.429. The van der Waals surface area contributed by atoms with Crippen molar-refractivity contribution in [2.24, 2.45) is 0 Å². The van der Waals surface area contributed by atoms with Crippen molar-refractivity contribution in [2.45, 2.75) is 12.8 Å². The molecule has 1 aliphatic rings. The van der Waals surface area contributed by atoms with Crippen LogP contribution in [0, 0.1) is 6.08 Å². The van der Waals surface area contributed by atoms with E-state index in [0.29, 0.717) is 5.88 Å². The second kappa shape index (κ2) is 2.93. The van der Waals surface area contributed by atoms with Crippen LogP contribution in [0.3, 0.4) is 0 Å². The normalized spacial score (nSPS) is 16.9. The van der Waals surface area contributed by atoms with Crippen LogP contribution in [0.15, 0.2) is 17.7 Å². The molecule has 0 heterocycles. The summed E-state index contributed by atoms with van der Waals surface area (Å²) in [5.74, 6) is 0.715. The van der Waals surface area contributed by atoms with Gasteiger partial charge in [-0.1, -0.05) is 12.2 Å². The first-order valence-electron chi connectivity index (χ1n) is 2.75. The smallest absolute Gasteiger partial charge is 0.0264 e. The summed E-state index contributed by atoms with van der Waals surface area (Å²) >= 11 is 5.49. The molecule has 0 amide bonds. The van der Waals surface area contributed by atoms with Crippen molar-refractivity contribution in [3.63, 3.8) is 0 Å². The molecule has 0 saturated heterocycles. The van der Waals surface area contributed by atoms with Gasteiger partial charge in [-0.15, -0.1) is 11.6 Å². The maximum Gasteiger partial charge on any atom is 0.0264 e. The van der Waals surface area contributed by atoms with Gasteiger partial charge in [-0.2, -0.15) is 0 Å². The number of alkyl halides is 1. The molecule has 0 spiro atoms. The van der Waals surface area contributed by atoms with Gasteiger partial charge in [-0.25, -0.2) is 0 Å². The fourth-order valence-corrected chi connectivity index (χ4v) is 0.927. The van der Waals surface area contributed by atoms with Crippen LogP contribution in [-0.4, -0.2) is 5.88 Å². The van der Waals surface area contributed by atoms with Gasteiger partial charge in [-0.05, 0) is 24.5 Å². The zero-order valence-electron chi connectivity index (χ0n) is 4.65. The molecular weight excluding hydrogens is 120 g/mol. The van der Waals surface area contributed by atoms with Crippen molar-refractivity contribution in [3.05, 3.63) is 23.8 Å². The molecule has 0 bridgehead atoms. The average molecular weight is 128 g/mol. The summed E-state index contributed by atoms with van der Waals surface area (Å²) in [5.41, 5.74) is 1.26. The molecule has 0 N–H and O–H groups in total. The maximum absolute atomic E-state index is 5.49. The van der Waals surface area contributed by atoms with Gasteiger partial charge in [0.15, 0.2) is 0 Å². The first kappa shape index (κ1) is 5.90. The zero-order valence-corrected chi connectivity index (χ0v) is 5.41. The Balaban J connectivity index is 2.34. The lowest BCUT2D eigenvalue weighted by atomic mass is 10.2. The van der Waals surface area contributed by atoms with E-state index in [-0.39, 0.29) is 0 Å². The molecule has 0 nitrogen and oxygen atoms in total. The summed E-state index contributed by atoms with van der Waals surface area (Å²) < 4.78 is 0. The van der Waals surface area contributed by atoms with Gasteiger partial charge >= 0.3 is 0 Å². The molecule has 0 saturated carbocycles. The third-order valence-electron chi connectivity index (χ3n) is 1.13. The molecule has 0 atom stereocenters. The highest BCUT2D eigenvalue weighted by molar-refractivity contribution is 6.18. The summed E-state index contributed by atoms with van der Waals surface area (Å²) in [4.78, 5) is 0. The van der Waals surface area contributed by atoms with Crippen LogP contribution in [0.1, 0.15) is 12.8 Å². The molecule has 0 fully saturated rings. The van der Waals surface area contributed by atoms with Crippen LogP contribution in [0.5, 0.6) is 0 Å². The van der Waals surface area contributed by atoms with Crippen LogP contribution in [-0.2, 0) is 0 Å². The van der Waals surface area contributed by atoms with Crippen LogP contribution in [0.4, 0.5) is 0 Å². The summed E-state index contributed by atoms with van der Waals surface area (Å²) in [7, 11) is 0. The predicted octanol–water partition coefficient (Wildman–Crippen LogP) is 2.30. The number of hydrogen-bond donors (Lipinski definition) is 0. The molecule has 0 aromatic carbocycles. The first-order valence-corrected chi connectivity index (χ1v) is 3.29. The van der Waals surface area contributed by atoms with Crippen molar-refractivity contribution in [1.82, 2.24) is 0 Å². The van der Waals surface area contributed by atoms with E-state index in [1.807, 2.05) is 0 Å². The van der Waals surface area contributed by atoms with Crippen molar-refractivity contribution in [2.75, 3.05) is 5.88 Å². The van der Waals surface area contributed by atoms with E-state index < -0.39 is 0 Å². The molecule has 8 heavy (non-hydrogen) atoms. The second-order valence-corrected chi connectivity index (χ2v) is 2.13. The van der Waals surface area contributed by atoms with E-state index in [1.54, 1.807) is 0 Å². The Morgan fingerprint density at radius 3 is 3.12 bits per heavy atom. The van der Waals surface area contributed by atoms with Gasteiger partial charge in [0.2, 0.25) is 0 Å². The van der Waals surface area contributed by atoms with Crippen molar-refractivity contribution >= 4 is 11.6 Å². The van der Waals surface area contributed by atoms with Gasteiger partial charge in [0.05, 0.1) is 0 Å². The van der Waals surface area contributed by atoms with E-state index in [4.69, 9.17) is 11.6 Å². The van der Waals surface area contributed by atoms with Gasteiger partial charge in [0.1, 0.15) is 0 Å². The van der Waals surface area contributed by atoms with E-state index in [1.165, 1.54) is 5.57 Å². The molecule has 0 aliphatic heterocycles. The largest absolute Gasteiger partial charge is 0.126 e. The predicted molar refractivity (Wildman–Crippen MR) is 35.9 cm³/mol. The van der Waals surface area contributed by atoms with E-state index in [0.717, 1.165) is 12.8 Å². The van der Waals surface area contributed by atoms with Crippen LogP contribution in [0.25, 0.3) is 0 Å². The Morgan fingerprint density at radius 2 is 2.62 bits per heavy atom. The lowest BCUT2D eigenvalue weighted by molar-refractivity contribution is 1.15. The molecule has 1 heteroatoms. The number of rotatable bonds is 2. The Hall–Kier alpha value is -0.230. The summed E-state index contributed by atoms with van der Waals surface area (Å²) in [5, 5.41) is 0. The molecule has 1 rings (SSSR count). The lowest BCUT2D eigenvalue weighted by Gasteiger charge is -1.88. The topological polar surface area (TPSA) is 0 Å². The number of hydrogen-bond acceptors (Lipinski definition) is 0. The van der Waals surface area contributed by atoms with Crippen molar-refractivity contribution < 1.29 is 0 Å². The number of allylic oxidation sites excluding steroid dienone is 4. The van der Waals surface area contributed by atoms with E-state index in [2.05, 4.69) is 18.2 Å². The summed E-state index contributed by atoms with van der Waals surface area (Å²) in [6, 6.07) is 0. The third kappa shape index (κ3) is 1.38. The fourth-order valence-electron chi connectivity index (χ4n) is 0.724. The first-order chi connectivity index (χ1) is 3.93. The van der Waals surface area contributed by atoms with Gasteiger partial charge in [0, 0.05) is 5.88 Å². The molecule has 1 radical (unpaired) electrons. The highest BCUT2D eigenvalue weighted by Gasteiger charge is 1.94. The van der Waals surface area contributed by atoms with Gasteiger partial charge in [-0.3, -0.25) is 0 Å². The van der Waals surface area contributed by atoms with E-state index in [9.17, 15) is 0 Å². The maximum atomic E-state index is 5.49. The molecule has 0 unspecified atom stereocenters. The highest BCUT2D eigenvalue weighted by Crippen LogP contribution is 2.11. The SMILES string of the molecule is ClCCC1=[C]CC=C1. The Labute approximate surface area is 54.8 Å². The van der Waals surface area contributed by atoms with Crippen LogP contribution < -0.4 is 0 Å². The quantitative estimate of drug-likeness (QED) is 0.500. The minimum Gasteiger partial charge on any atom is -0.126 e. The van der Waals surface area contributed by atoms with E-state index >= 15 is 0 Å². The standard InChI is InChI=1S/C7H8Cl/c8-6-5-7-3-1-2-4-7/h1,3H,2,5-6H2. The minimum absolute atomic E-state index is 0.715. The zero-order chi connectivity index (χ0) is 5.82. The Bertz CT molecular complexity index is 122. The third-order valence-corrected chi connectivity index (χ3v) is 1.32. The summed E-state index contributed by atoms with van der Waals surface area (Å²) in [6.07, 6.45) is 9.31. The number of halogens is 1. The van der Waals surface area contributed by atoms with Gasteiger partial charge < -0.3 is 0 Å². The Kier molecular flexibility index (Phi) is 2.16. The highest BCUT2D eigenvalue weighted by atomic mass is 35.5. The molecule has 43 valence electrons.